The summed E-state index contributed by atoms with van der Waals surface area (Å²) in [5, 5.41) is 4.14. The Morgan fingerprint density at radius 1 is 1.30 bits per heavy atom. The molecule has 27 heavy (non-hydrogen) atoms. The van der Waals surface area contributed by atoms with E-state index in [0.29, 0.717) is 16.1 Å². The predicted molar refractivity (Wildman–Crippen MR) is 113 cm³/mol. The number of hydrogen-bond donors (Lipinski definition) is 1. The molecule has 3 aromatic rings. The quantitative estimate of drug-likeness (QED) is 0.464. The summed E-state index contributed by atoms with van der Waals surface area (Å²) in [7, 11) is 0. The van der Waals surface area contributed by atoms with Crippen LogP contribution >= 0.6 is 27.7 Å². The second-order valence-corrected chi connectivity index (χ2v) is 8.43. The summed E-state index contributed by atoms with van der Waals surface area (Å²) in [6, 6.07) is 13.3. The minimum Gasteiger partial charge on any atom is -0.324 e. The molecule has 0 saturated heterocycles. The number of carbonyl (C=O) groups excluding carboxylic acids is 1. The lowest BCUT2D eigenvalue weighted by Crippen LogP contribution is -2.23. The number of amides is 1. The number of halogens is 1. The summed E-state index contributed by atoms with van der Waals surface area (Å²) in [6.07, 6.45) is 1.96. The molecule has 1 aromatic heterocycles. The maximum atomic E-state index is 12.8. The molecule has 0 bridgehead atoms. The number of nitrogens with one attached hydrogen (secondary N) is 1. The average Bonchev–Trinajstić information content (AvgIpc) is 3.47. The van der Waals surface area contributed by atoms with Crippen molar-refractivity contribution in [3.63, 3.8) is 0 Å². The molecule has 0 atom stereocenters. The van der Waals surface area contributed by atoms with Gasteiger partial charge in [-0.25, -0.2) is 4.98 Å². The summed E-state index contributed by atoms with van der Waals surface area (Å²) in [6.45, 7) is 1.99. The van der Waals surface area contributed by atoms with Crippen LogP contribution in [-0.2, 0) is 4.79 Å². The Hall–Kier alpha value is -2.12. The van der Waals surface area contributed by atoms with Gasteiger partial charge in [-0.2, -0.15) is 0 Å². The van der Waals surface area contributed by atoms with Crippen LogP contribution in [-0.4, -0.2) is 21.2 Å². The summed E-state index contributed by atoms with van der Waals surface area (Å²) in [5.41, 5.74) is 2.50. The summed E-state index contributed by atoms with van der Waals surface area (Å²) < 4.78 is 2.60. The van der Waals surface area contributed by atoms with E-state index in [-0.39, 0.29) is 23.3 Å². The lowest BCUT2D eigenvalue weighted by Gasteiger charge is -2.12. The highest BCUT2D eigenvalue weighted by atomic mass is 79.9. The molecule has 1 aliphatic rings. The van der Waals surface area contributed by atoms with Gasteiger partial charge in [-0.15, -0.1) is 0 Å². The fourth-order valence-corrected chi connectivity index (χ4v) is 4.38. The Bertz CT molecular complexity index is 1090. The van der Waals surface area contributed by atoms with E-state index in [2.05, 4.69) is 26.2 Å². The van der Waals surface area contributed by atoms with Crippen molar-refractivity contribution in [2.75, 3.05) is 11.1 Å². The number of aryl methyl sites for hydroxylation is 1. The van der Waals surface area contributed by atoms with E-state index in [1.807, 2.05) is 43.3 Å². The molecule has 1 heterocycles. The van der Waals surface area contributed by atoms with Crippen molar-refractivity contribution in [2.45, 2.75) is 31.0 Å². The number of fused-ring (bicyclic) bond motifs is 1. The van der Waals surface area contributed by atoms with Gasteiger partial charge in [-0.05, 0) is 65.5 Å². The van der Waals surface area contributed by atoms with Crippen LogP contribution in [0, 0.1) is 6.92 Å². The second-order valence-electron chi connectivity index (χ2n) is 6.64. The predicted octanol–water partition coefficient (Wildman–Crippen LogP) is 4.53. The molecule has 1 saturated carbocycles. The van der Waals surface area contributed by atoms with E-state index in [0.717, 1.165) is 28.6 Å². The summed E-state index contributed by atoms with van der Waals surface area (Å²) >= 11 is 4.77. The summed E-state index contributed by atoms with van der Waals surface area (Å²) in [4.78, 5) is 29.9. The molecule has 2 aromatic carbocycles. The molecule has 0 aliphatic heterocycles. The molecule has 0 radical (unpaired) electrons. The maximum Gasteiger partial charge on any atom is 0.262 e. The first kappa shape index (κ1) is 18.3. The van der Waals surface area contributed by atoms with Crippen LogP contribution in [0.5, 0.6) is 0 Å². The molecule has 138 valence electrons. The Morgan fingerprint density at radius 3 is 2.81 bits per heavy atom. The number of para-hydroxylation sites is 1. The van der Waals surface area contributed by atoms with Crippen LogP contribution in [0.15, 0.2) is 56.9 Å². The Labute approximate surface area is 169 Å². The fourth-order valence-electron chi connectivity index (χ4n) is 2.92. The van der Waals surface area contributed by atoms with Crippen molar-refractivity contribution >= 4 is 50.2 Å². The van der Waals surface area contributed by atoms with Crippen LogP contribution < -0.4 is 10.9 Å². The Balaban J connectivity index is 1.55. The van der Waals surface area contributed by atoms with E-state index in [1.165, 1.54) is 11.8 Å². The first-order chi connectivity index (χ1) is 13.0. The van der Waals surface area contributed by atoms with E-state index < -0.39 is 0 Å². The standard InChI is InChI=1S/C20H18BrN3O2S/c1-12-6-9-17(15(21)10-12)22-18(25)11-27-20-23-16-5-3-2-4-14(16)19(26)24(20)13-7-8-13/h2-6,9-10,13H,7-8,11H2,1H3,(H,22,25). The highest BCUT2D eigenvalue weighted by Gasteiger charge is 2.28. The molecule has 1 amide bonds. The molecule has 0 spiro atoms. The van der Waals surface area contributed by atoms with Gasteiger partial charge in [-0.3, -0.25) is 14.2 Å². The minimum atomic E-state index is -0.130. The monoisotopic (exact) mass is 443 g/mol. The number of anilines is 1. The van der Waals surface area contributed by atoms with Crippen molar-refractivity contribution in [3.05, 3.63) is 62.9 Å². The molecule has 4 rings (SSSR count). The third-order valence-corrected chi connectivity index (χ3v) is 6.03. The summed E-state index contributed by atoms with van der Waals surface area (Å²) in [5.74, 6) is 0.0620. The number of hydrogen-bond acceptors (Lipinski definition) is 4. The van der Waals surface area contributed by atoms with Crippen molar-refractivity contribution < 1.29 is 4.79 Å². The minimum absolute atomic E-state index is 0.0210. The zero-order valence-electron chi connectivity index (χ0n) is 14.7. The molecular weight excluding hydrogens is 426 g/mol. The lowest BCUT2D eigenvalue weighted by atomic mass is 10.2. The van der Waals surface area contributed by atoms with Gasteiger partial charge in [0.15, 0.2) is 5.16 Å². The van der Waals surface area contributed by atoms with E-state index in [4.69, 9.17) is 0 Å². The largest absolute Gasteiger partial charge is 0.324 e. The van der Waals surface area contributed by atoms with Gasteiger partial charge in [0.1, 0.15) is 0 Å². The van der Waals surface area contributed by atoms with Gasteiger partial charge < -0.3 is 5.32 Å². The van der Waals surface area contributed by atoms with E-state index in [1.54, 1.807) is 10.6 Å². The number of aromatic nitrogens is 2. The Morgan fingerprint density at radius 2 is 2.07 bits per heavy atom. The molecule has 5 nitrogen and oxygen atoms in total. The maximum absolute atomic E-state index is 12.8. The van der Waals surface area contributed by atoms with Crippen molar-refractivity contribution in [2.24, 2.45) is 0 Å². The first-order valence-corrected chi connectivity index (χ1v) is 10.5. The lowest BCUT2D eigenvalue weighted by molar-refractivity contribution is -0.113. The third-order valence-electron chi connectivity index (χ3n) is 4.42. The number of rotatable bonds is 5. The van der Waals surface area contributed by atoms with Gasteiger partial charge in [0.05, 0.1) is 22.3 Å². The normalized spacial score (nSPS) is 13.7. The molecule has 1 N–H and O–H groups in total. The average molecular weight is 444 g/mol. The van der Waals surface area contributed by atoms with Crippen LogP contribution in [0.1, 0.15) is 24.4 Å². The van der Waals surface area contributed by atoms with Crippen LogP contribution in [0.25, 0.3) is 10.9 Å². The van der Waals surface area contributed by atoms with Crippen molar-refractivity contribution in [3.8, 4) is 0 Å². The van der Waals surface area contributed by atoms with Crippen molar-refractivity contribution in [1.29, 1.82) is 0 Å². The van der Waals surface area contributed by atoms with Gasteiger partial charge in [0, 0.05) is 10.5 Å². The molecule has 1 aliphatic carbocycles. The van der Waals surface area contributed by atoms with E-state index >= 15 is 0 Å². The number of nitrogens with zero attached hydrogens (tertiary/aromatic N) is 2. The van der Waals surface area contributed by atoms with Gasteiger partial charge in [0.2, 0.25) is 5.91 Å². The fraction of sp³-hybridized carbons (Fsp3) is 0.250. The topological polar surface area (TPSA) is 64.0 Å². The third kappa shape index (κ3) is 3.94. The van der Waals surface area contributed by atoms with E-state index in [9.17, 15) is 9.59 Å². The molecule has 7 heteroatoms. The van der Waals surface area contributed by atoms with Crippen LogP contribution in [0.4, 0.5) is 5.69 Å². The number of thioether (sulfide) groups is 1. The molecule has 0 unspecified atom stereocenters. The molecule has 1 fully saturated rings. The highest BCUT2D eigenvalue weighted by molar-refractivity contribution is 9.10. The number of carbonyl (C=O) groups is 1. The SMILES string of the molecule is Cc1ccc(NC(=O)CSc2nc3ccccc3c(=O)n2C2CC2)c(Br)c1. The number of benzene rings is 2. The molecular formula is C20H18BrN3O2S. The Kier molecular flexibility index (Phi) is 5.06. The van der Waals surface area contributed by atoms with Crippen LogP contribution in [0.3, 0.4) is 0 Å². The zero-order valence-corrected chi connectivity index (χ0v) is 17.1. The van der Waals surface area contributed by atoms with Gasteiger partial charge in [-0.1, -0.05) is 30.0 Å². The highest BCUT2D eigenvalue weighted by Crippen LogP contribution is 2.36. The van der Waals surface area contributed by atoms with Gasteiger partial charge in [0.25, 0.3) is 5.56 Å². The first-order valence-electron chi connectivity index (χ1n) is 8.73. The van der Waals surface area contributed by atoms with Crippen LogP contribution in [0.2, 0.25) is 0 Å². The zero-order chi connectivity index (χ0) is 19.0. The second kappa shape index (κ2) is 7.48. The smallest absolute Gasteiger partial charge is 0.262 e. The van der Waals surface area contributed by atoms with Crippen molar-refractivity contribution in [1.82, 2.24) is 9.55 Å². The van der Waals surface area contributed by atoms with Gasteiger partial charge >= 0.3 is 0 Å².